The minimum Gasteiger partial charge on any atom is -0.469 e. The lowest BCUT2D eigenvalue weighted by Gasteiger charge is -1.99. The fourth-order valence-corrected chi connectivity index (χ4v) is 2.85. The molecule has 0 saturated heterocycles. The van der Waals surface area contributed by atoms with Gasteiger partial charge in [0.1, 0.15) is 5.01 Å². The largest absolute Gasteiger partial charge is 0.469 e. The average molecular weight is 289 g/mol. The molecule has 3 nitrogen and oxygen atoms in total. The maximum absolute atomic E-state index is 11.0. The summed E-state index contributed by atoms with van der Waals surface area (Å²) < 4.78 is 4.62. The van der Waals surface area contributed by atoms with Crippen molar-refractivity contribution in [2.45, 2.75) is 32.1 Å². The van der Waals surface area contributed by atoms with Crippen LogP contribution in [0.5, 0.6) is 0 Å². The number of hydrogen-bond donors (Lipinski definition) is 0. The van der Waals surface area contributed by atoms with Gasteiger partial charge < -0.3 is 4.74 Å². The van der Waals surface area contributed by atoms with Gasteiger partial charge in [0.2, 0.25) is 0 Å². The van der Waals surface area contributed by atoms with Gasteiger partial charge in [-0.15, -0.1) is 11.3 Å². The fourth-order valence-electron chi connectivity index (χ4n) is 1.99. The third-order valence-electron chi connectivity index (χ3n) is 3.11. The Morgan fingerprint density at radius 2 is 2.00 bits per heavy atom. The summed E-state index contributed by atoms with van der Waals surface area (Å²) >= 11 is 1.69. The van der Waals surface area contributed by atoms with Crippen LogP contribution in [0.25, 0.3) is 10.6 Å². The fraction of sp³-hybridized carbons (Fsp3) is 0.375. The van der Waals surface area contributed by atoms with Gasteiger partial charge in [-0.05, 0) is 19.3 Å². The predicted octanol–water partition coefficient (Wildman–Crippen LogP) is 4.09. The molecule has 0 aliphatic rings. The van der Waals surface area contributed by atoms with Crippen molar-refractivity contribution in [2.75, 3.05) is 7.11 Å². The first-order valence-corrected chi connectivity index (χ1v) is 7.74. The van der Waals surface area contributed by atoms with E-state index >= 15 is 0 Å². The van der Waals surface area contributed by atoms with Gasteiger partial charge >= 0.3 is 5.97 Å². The average Bonchev–Trinajstić information content (AvgIpc) is 2.96. The highest BCUT2D eigenvalue weighted by atomic mass is 32.1. The van der Waals surface area contributed by atoms with Crippen molar-refractivity contribution in [1.82, 2.24) is 4.98 Å². The summed E-state index contributed by atoms with van der Waals surface area (Å²) in [6.45, 7) is 0. The first-order chi connectivity index (χ1) is 9.79. The summed E-state index contributed by atoms with van der Waals surface area (Å²) in [6, 6.07) is 10.2. The van der Waals surface area contributed by atoms with Crippen LogP contribution in [0, 0.1) is 0 Å². The Kier molecular flexibility index (Phi) is 5.74. The number of esters is 1. The molecular formula is C16H19NO2S. The van der Waals surface area contributed by atoms with Crippen LogP contribution in [-0.4, -0.2) is 18.1 Å². The van der Waals surface area contributed by atoms with Crippen molar-refractivity contribution in [2.24, 2.45) is 0 Å². The molecule has 1 aromatic heterocycles. The Hall–Kier alpha value is -1.68. The lowest BCUT2D eigenvalue weighted by Crippen LogP contribution is -1.99. The molecule has 0 fully saturated rings. The van der Waals surface area contributed by atoms with Crippen LogP contribution in [0.3, 0.4) is 0 Å². The molecule has 0 spiro atoms. The molecule has 106 valence electrons. The molecular weight excluding hydrogens is 270 g/mol. The van der Waals surface area contributed by atoms with Crippen molar-refractivity contribution in [3.8, 4) is 10.6 Å². The SMILES string of the molecule is COC(=O)CCCCCc1csc(-c2ccccc2)n1. The van der Waals surface area contributed by atoms with Crippen molar-refractivity contribution in [3.05, 3.63) is 41.4 Å². The summed E-state index contributed by atoms with van der Waals surface area (Å²) in [5.74, 6) is -0.120. The summed E-state index contributed by atoms with van der Waals surface area (Å²) in [7, 11) is 1.43. The van der Waals surface area contributed by atoms with E-state index in [2.05, 4.69) is 27.2 Å². The Morgan fingerprint density at radius 1 is 1.20 bits per heavy atom. The van der Waals surface area contributed by atoms with Crippen LogP contribution in [-0.2, 0) is 16.0 Å². The van der Waals surface area contributed by atoms with Gasteiger partial charge in [-0.3, -0.25) is 4.79 Å². The first kappa shape index (κ1) is 14.7. The number of nitrogens with zero attached hydrogens (tertiary/aromatic N) is 1. The van der Waals surface area contributed by atoms with Gasteiger partial charge in [-0.2, -0.15) is 0 Å². The predicted molar refractivity (Wildman–Crippen MR) is 81.7 cm³/mol. The molecule has 0 bridgehead atoms. The van der Waals surface area contributed by atoms with Crippen LogP contribution in [0.2, 0.25) is 0 Å². The first-order valence-electron chi connectivity index (χ1n) is 6.86. The number of aryl methyl sites for hydroxylation is 1. The summed E-state index contributed by atoms with van der Waals surface area (Å²) in [6.07, 6.45) is 4.48. The number of aromatic nitrogens is 1. The lowest BCUT2D eigenvalue weighted by molar-refractivity contribution is -0.140. The van der Waals surface area contributed by atoms with E-state index in [-0.39, 0.29) is 5.97 Å². The molecule has 1 aromatic carbocycles. The van der Waals surface area contributed by atoms with Gasteiger partial charge in [-0.25, -0.2) is 4.98 Å². The number of unbranched alkanes of at least 4 members (excludes halogenated alkanes) is 2. The van der Waals surface area contributed by atoms with E-state index in [0.29, 0.717) is 6.42 Å². The number of benzene rings is 1. The molecule has 2 aromatic rings. The van der Waals surface area contributed by atoms with Crippen LogP contribution >= 0.6 is 11.3 Å². The maximum atomic E-state index is 11.0. The van der Waals surface area contributed by atoms with Crippen LogP contribution in [0.4, 0.5) is 0 Å². The second-order valence-electron chi connectivity index (χ2n) is 4.65. The van der Waals surface area contributed by atoms with E-state index < -0.39 is 0 Å². The Balaban J connectivity index is 1.75. The zero-order valence-electron chi connectivity index (χ0n) is 11.7. The second-order valence-corrected chi connectivity index (χ2v) is 5.50. The standard InChI is InChI=1S/C16H19NO2S/c1-19-15(18)11-7-3-6-10-14-12-20-16(17-14)13-8-4-2-5-9-13/h2,4-5,8-9,12H,3,6-7,10-11H2,1H3. The molecule has 4 heteroatoms. The normalized spacial score (nSPS) is 10.4. The molecule has 0 saturated carbocycles. The van der Waals surface area contributed by atoms with E-state index in [0.717, 1.165) is 36.4 Å². The Labute approximate surface area is 123 Å². The molecule has 0 atom stereocenters. The maximum Gasteiger partial charge on any atom is 0.305 e. The van der Waals surface area contributed by atoms with E-state index in [4.69, 9.17) is 0 Å². The van der Waals surface area contributed by atoms with E-state index in [1.54, 1.807) is 11.3 Å². The summed E-state index contributed by atoms with van der Waals surface area (Å²) in [5.41, 5.74) is 2.32. The number of ether oxygens (including phenoxy) is 1. The molecule has 0 N–H and O–H groups in total. The smallest absolute Gasteiger partial charge is 0.305 e. The number of carbonyl (C=O) groups excluding carboxylic acids is 1. The third-order valence-corrected chi connectivity index (χ3v) is 4.05. The van der Waals surface area contributed by atoms with E-state index in [9.17, 15) is 4.79 Å². The van der Waals surface area contributed by atoms with Crippen molar-refractivity contribution < 1.29 is 9.53 Å². The Bertz CT molecular complexity index is 536. The van der Waals surface area contributed by atoms with Gasteiger partial charge in [-0.1, -0.05) is 36.8 Å². The zero-order valence-corrected chi connectivity index (χ0v) is 12.5. The van der Waals surface area contributed by atoms with Crippen LogP contribution in [0.1, 0.15) is 31.4 Å². The topological polar surface area (TPSA) is 39.2 Å². The summed E-state index contributed by atoms with van der Waals surface area (Å²) in [5, 5.41) is 3.21. The molecule has 0 aliphatic heterocycles. The minimum absolute atomic E-state index is 0.120. The molecule has 20 heavy (non-hydrogen) atoms. The van der Waals surface area contributed by atoms with Gasteiger partial charge in [0.05, 0.1) is 12.8 Å². The molecule has 1 heterocycles. The number of hydrogen-bond acceptors (Lipinski definition) is 4. The molecule has 2 rings (SSSR count). The van der Waals surface area contributed by atoms with Crippen LogP contribution < -0.4 is 0 Å². The minimum atomic E-state index is -0.120. The highest BCUT2D eigenvalue weighted by molar-refractivity contribution is 7.13. The van der Waals surface area contributed by atoms with Crippen molar-refractivity contribution in [3.63, 3.8) is 0 Å². The van der Waals surface area contributed by atoms with Crippen LogP contribution in [0.15, 0.2) is 35.7 Å². The number of rotatable bonds is 7. The highest BCUT2D eigenvalue weighted by Crippen LogP contribution is 2.24. The molecule has 0 amide bonds. The van der Waals surface area contributed by atoms with E-state index in [1.165, 1.54) is 12.7 Å². The molecule has 0 unspecified atom stereocenters. The quantitative estimate of drug-likeness (QED) is 0.569. The van der Waals surface area contributed by atoms with Gasteiger partial charge in [0, 0.05) is 17.4 Å². The van der Waals surface area contributed by atoms with Crippen molar-refractivity contribution in [1.29, 1.82) is 0 Å². The number of thiazole rings is 1. The van der Waals surface area contributed by atoms with Gasteiger partial charge in [0.15, 0.2) is 0 Å². The van der Waals surface area contributed by atoms with Crippen molar-refractivity contribution >= 4 is 17.3 Å². The summed E-state index contributed by atoms with van der Waals surface area (Å²) in [4.78, 5) is 15.6. The lowest BCUT2D eigenvalue weighted by atomic mass is 10.1. The number of carbonyl (C=O) groups is 1. The molecule has 0 radical (unpaired) electrons. The third kappa shape index (κ3) is 4.46. The zero-order chi connectivity index (χ0) is 14.2. The molecule has 0 aliphatic carbocycles. The highest BCUT2D eigenvalue weighted by Gasteiger charge is 2.04. The monoisotopic (exact) mass is 289 g/mol. The van der Waals surface area contributed by atoms with Gasteiger partial charge in [0.25, 0.3) is 0 Å². The number of methoxy groups -OCH3 is 1. The van der Waals surface area contributed by atoms with E-state index in [1.807, 2.05) is 18.2 Å². The second kappa shape index (κ2) is 7.80. The Morgan fingerprint density at radius 3 is 2.75 bits per heavy atom.